The molecular weight excluding hydrogens is 214 g/mol. The summed E-state index contributed by atoms with van der Waals surface area (Å²) in [5.74, 6) is 2.55. The molecule has 0 unspecified atom stereocenters. The fourth-order valence-electron chi connectivity index (χ4n) is 1.90. The van der Waals surface area contributed by atoms with Crippen molar-refractivity contribution in [3.8, 4) is 11.5 Å². The van der Waals surface area contributed by atoms with Crippen molar-refractivity contribution < 1.29 is 9.47 Å². The van der Waals surface area contributed by atoms with Crippen LogP contribution in [-0.4, -0.2) is 27.3 Å². The Morgan fingerprint density at radius 2 is 1.94 bits per heavy atom. The van der Waals surface area contributed by atoms with Crippen LogP contribution in [0.4, 0.5) is 0 Å². The van der Waals surface area contributed by atoms with E-state index < -0.39 is 0 Å². The van der Waals surface area contributed by atoms with Crippen LogP contribution in [0.25, 0.3) is 0 Å². The molecule has 1 aliphatic rings. The number of hydrogen-bond donors (Lipinski definition) is 1. The summed E-state index contributed by atoms with van der Waals surface area (Å²) in [6.07, 6.45) is 3.85. The summed E-state index contributed by atoms with van der Waals surface area (Å²) >= 11 is 0. The second-order valence-electron chi connectivity index (χ2n) is 4.59. The van der Waals surface area contributed by atoms with Crippen molar-refractivity contribution in [1.29, 1.82) is 0 Å². The number of benzene rings is 1. The third-order valence-corrected chi connectivity index (χ3v) is 3.17. The first-order chi connectivity index (χ1) is 8.33. The second-order valence-corrected chi connectivity index (χ2v) is 4.59. The Morgan fingerprint density at radius 1 is 1.18 bits per heavy atom. The van der Waals surface area contributed by atoms with Gasteiger partial charge in [0.2, 0.25) is 0 Å². The Kier molecular flexibility index (Phi) is 4.26. The van der Waals surface area contributed by atoms with Crippen molar-refractivity contribution in [1.82, 2.24) is 5.32 Å². The van der Waals surface area contributed by atoms with Gasteiger partial charge in [-0.15, -0.1) is 0 Å². The molecule has 1 aromatic carbocycles. The lowest BCUT2D eigenvalue weighted by atomic mass is 10.1. The van der Waals surface area contributed by atoms with Crippen molar-refractivity contribution in [3.05, 3.63) is 23.8 Å². The summed E-state index contributed by atoms with van der Waals surface area (Å²) in [7, 11) is 3.34. The summed E-state index contributed by atoms with van der Waals surface area (Å²) < 4.78 is 10.5. The van der Waals surface area contributed by atoms with E-state index in [4.69, 9.17) is 9.47 Å². The van der Waals surface area contributed by atoms with Crippen LogP contribution >= 0.6 is 0 Å². The second kappa shape index (κ2) is 5.92. The standard InChI is InChI=1S/C14H21NO2/c1-16-13-6-5-11(9-14(13)17-2)7-8-15-10-12-3-4-12/h5-6,9,12,15H,3-4,7-8,10H2,1-2H3. The first-order valence-electron chi connectivity index (χ1n) is 6.25. The molecule has 1 N–H and O–H groups in total. The molecule has 3 heteroatoms. The monoisotopic (exact) mass is 235 g/mol. The molecule has 2 rings (SSSR count). The van der Waals surface area contributed by atoms with Crippen LogP contribution in [0, 0.1) is 5.92 Å². The van der Waals surface area contributed by atoms with Gasteiger partial charge in [0.15, 0.2) is 11.5 Å². The molecule has 1 aromatic rings. The summed E-state index contributed by atoms with van der Waals surface area (Å²) in [6.45, 7) is 2.21. The molecule has 1 saturated carbocycles. The van der Waals surface area contributed by atoms with E-state index in [1.54, 1.807) is 14.2 Å². The summed E-state index contributed by atoms with van der Waals surface area (Å²) in [5.41, 5.74) is 1.28. The van der Waals surface area contributed by atoms with Crippen LogP contribution in [-0.2, 0) is 6.42 Å². The maximum Gasteiger partial charge on any atom is 0.160 e. The number of ether oxygens (including phenoxy) is 2. The Balaban J connectivity index is 1.82. The highest BCUT2D eigenvalue weighted by Crippen LogP contribution is 2.28. The van der Waals surface area contributed by atoms with E-state index in [9.17, 15) is 0 Å². The molecule has 1 aliphatic carbocycles. The molecule has 94 valence electrons. The Hall–Kier alpha value is -1.22. The normalized spacial score (nSPS) is 14.7. The minimum Gasteiger partial charge on any atom is -0.493 e. The van der Waals surface area contributed by atoms with Crippen molar-refractivity contribution in [2.24, 2.45) is 5.92 Å². The highest BCUT2D eigenvalue weighted by atomic mass is 16.5. The molecule has 0 radical (unpaired) electrons. The summed E-state index contributed by atoms with van der Waals surface area (Å²) in [4.78, 5) is 0. The Bertz CT molecular complexity index is 361. The number of methoxy groups -OCH3 is 2. The largest absolute Gasteiger partial charge is 0.493 e. The average Bonchev–Trinajstić information content (AvgIpc) is 3.18. The van der Waals surface area contributed by atoms with Gasteiger partial charge in [0.05, 0.1) is 14.2 Å². The van der Waals surface area contributed by atoms with Gasteiger partial charge in [-0.1, -0.05) is 6.07 Å². The number of hydrogen-bond acceptors (Lipinski definition) is 3. The van der Waals surface area contributed by atoms with Crippen molar-refractivity contribution >= 4 is 0 Å². The van der Waals surface area contributed by atoms with Crippen LogP contribution in [0.15, 0.2) is 18.2 Å². The molecule has 3 nitrogen and oxygen atoms in total. The minimum atomic E-state index is 0.794. The molecule has 0 aromatic heterocycles. The third kappa shape index (κ3) is 3.63. The molecule has 1 fully saturated rings. The van der Waals surface area contributed by atoms with E-state index in [1.165, 1.54) is 24.9 Å². The van der Waals surface area contributed by atoms with Gasteiger partial charge in [-0.3, -0.25) is 0 Å². The van der Waals surface area contributed by atoms with Gasteiger partial charge in [0.25, 0.3) is 0 Å². The molecule has 0 spiro atoms. The van der Waals surface area contributed by atoms with E-state index in [-0.39, 0.29) is 0 Å². The lowest BCUT2D eigenvalue weighted by molar-refractivity contribution is 0.354. The minimum absolute atomic E-state index is 0.794. The van der Waals surface area contributed by atoms with Crippen molar-refractivity contribution in [2.75, 3.05) is 27.3 Å². The zero-order valence-electron chi connectivity index (χ0n) is 10.7. The highest BCUT2D eigenvalue weighted by molar-refractivity contribution is 5.42. The van der Waals surface area contributed by atoms with Crippen LogP contribution in [0.5, 0.6) is 11.5 Å². The van der Waals surface area contributed by atoms with Crippen LogP contribution in [0.3, 0.4) is 0 Å². The van der Waals surface area contributed by atoms with Crippen LogP contribution in [0.2, 0.25) is 0 Å². The lowest BCUT2D eigenvalue weighted by Gasteiger charge is -2.09. The molecular formula is C14H21NO2. The number of rotatable bonds is 7. The first kappa shape index (κ1) is 12.2. The maximum absolute atomic E-state index is 5.29. The topological polar surface area (TPSA) is 30.5 Å². The van der Waals surface area contributed by atoms with Crippen LogP contribution < -0.4 is 14.8 Å². The van der Waals surface area contributed by atoms with Gasteiger partial charge in [-0.05, 0) is 56.0 Å². The summed E-state index contributed by atoms with van der Waals surface area (Å²) in [5, 5.41) is 3.49. The van der Waals surface area contributed by atoms with E-state index in [0.29, 0.717) is 0 Å². The van der Waals surface area contributed by atoms with E-state index in [1.807, 2.05) is 6.07 Å². The molecule has 0 heterocycles. The third-order valence-electron chi connectivity index (χ3n) is 3.17. The smallest absolute Gasteiger partial charge is 0.160 e. The fraction of sp³-hybridized carbons (Fsp3) is 0.571. The quantitative estimate of drug-likeness (QED) is 0.735. The van der Waals surface area contributed by atoms with E-state index in [0.717, 1.165) is 30.4 Å². The zero-order chi connectivity index (χ0) is 12.1. The van der Waals surface area contributed by atoms with E-state index >= 15 is 0 Å². The molecule has 0 bridgehead atoms. The van der Waals surface area contributed by atoms with Gasteiger partial charge in [-0.2, -0.15) is 0 Å². The zero-order valence-corrected chi connectivity index (χ0v) is 10.7. The summed E-state index contributed by atoms with van der Waals surface area (Å²) in [6, 6.07) is 6.12. The van der Waals surface area contributed by atoms with Gasteiger partial charge in [0, 0.05) is 0 Å². The molecule has 0 aliphatic heterocycles. The molecule has 0 amide bonds. The van der Waals surface area contributed by atoms with Crippen molar-refractivity contribution in [3.63, 3.8) is 0 Å². The van der Waals surface area contributed by atoms with Gasteiger partial charge in [0.1, 0.15) is 0 Å². The van der Waals surface area contributed by atoms with E-state index in [2.05, 4.69) is 17.4 Å². The molecule has 17 heavy (non-hydrogen) atoms. The Morgan fingerprint density at radius 3 is 2.59 bits per heavy atom. The van der Waals surface area contributed by atoms with Gasteiger partial charge in [-0.25, -0.2) is 0 Å². The predicted molar refractivity (Wildman–Crippen MR) is 68.8 cm³/mol. The molecule has 0 atom stereocenters. The average molecular weight is 235 g/mol. The van der Waals surface area contributed by atoms with Crippen molar-refractivity contribution in [2.45, 2.75) is 19.3 Å². The fourth-order valence-corrected chi connectivity index (χ4v) is 1.90. The molecule has 0 saturated heterocycles. The maximum atomic E-state index is 5.29. The highest BCUT2D eigenvalue weighted by Gasteiger charge is 2.19. The number of nitrogens with one attached hydrogen (secondary N) is 1. The van der Waals surface area contributed by atoms with Gasteiger partial charge >= 0.3 is 0 Å². The first-order valence-corrected chi connectivity index (χ1v) is 6.25. The Labute approximate surface area is 103 Å². The van der Waals surface area contributed by atoms with Gasteiger partial charge < -0.3 is 14.8 Å². The SMILES string of the molecule is COc1ccc(CCNCC2CC2)cc1OC. The lowest BCUT2D eigenvalue weighted by Crippen LogP contribution is -2.19. The predicted octanol–water partition coefficient (Wildman–Crippen LogP) is 2.25. The van der Waals surface area contributed by atoms with Crippen LogP contribution in [0.1, 0.15) is 18.4 Å².